The standard InChI is InChI=1S/C16H20ClNO2/c17-13-3-1-12(2-4-13)11-20-14(19)15-5-8-16(18,9-6-15)10-7-15/h1-4H,5-11,18H2. The van der Waals surface area contributed by atoms with Gasteiger partial charge in [-0.2, -0.15) is 0 Å². The normalized spacial score (nSPS) is 32.1. The monoisotopic (exact) mass is 293 g/mol. The van der Waals surface area contributed by atoms with Crippen molar-refractivity contribution in [3.05, 3.63) is 34.9 Å². The molecule has 108 valence electrons. The Morgan fingerprint density at radius 2 is 1.65 bits per heavy atom. The van der Waals surface area contributed by atoms with Crippen LogP contribution in [0.2, 0.25) is 5.02 Å². The highest BCUT2D eigenvalue weighted by Gasteiger charge is 2.51. The van der Waals surface area contributed by atoms with E-state index in [1.54, 1.807) is 0 Å². The summed E-state index contributed by atoms with van der Waals surface area (Å²) < 4.78 is 5.54. The molecule has 4 heteroatoms. The Kier molecular flexibility index (Phi) is 3.51. The molecule has 20 heavy (non-hydrogen) atoms. The Morgan fingerprint density at radius 3 is 2.20 bits per heavy atom. The van der Waals surface area contributed by atoms with Crippen LogP contribution >= 0.6 is 11.6 Å². The molecule has 0 unspecified atom stereocenters. The van der Waals surface area contributed by atoms with Crippen molar-refractivity contribution in [3.8, 4) is 0 Å². The van der Waals surface area contributed by atoms with Crippen LogP contribution in [0.3, 0.4) is 0 Å². The largest absolute Gasteiger partial charge is 0.460 e. The van der Waals surface area contributed by atoms with E-state index in [4.69, 9.17) is 22.1 Å². The van der Waals surface area contributed by atoms with Crippen LogP contribution < -0.4 is 5.73 Å². The number of rotatable bonds is 3. The summed E-state index contributed by atoms with van der Waals surface area (Å²) in [5.74, 6) is -0.0470. The third-order valence-electron chi connectivity index (χ3n) is 5.02. The maximum absolute atomic E-state index is 12.4. The minimum atomic E-state index is -0.270. The molecule has 3 aliphatic rings. The summed E-state index contributed by atoms with van der Waals surface area (Å²) in [5, 5.41) is 0.692. The molecule has 0 aliphatic heterocycles. The van der Waals surface area contributed by atoms with Gasteiger partial charge in [0, 0.05) is 10.6 Å². The summed E-state index contributed by atoms with van der Waals surface area (Å²) in [7, 11) is 0. The summed E-state index contributed by atoms with van der Waals surface area (Å²) in [6.45, 7) is 0.325. The molecule has 3 fully saturated rings. The van der Waals surface area contributed by atoms with E-state index in [0.29, 0.717) is 11.6 Å². The molecule has 1 aromatic rings. The van der Waals surface area contributed by atoms with Crippen LogP contribution in [0.1, 0.15) is 44.1 Å². The molecule has 0 amide bonds. The van der Waals surface area contributed by atoms with Crippen molar-refractivity contribution in [3.63, 3.8) is 0 Å². The molecule has 0 saturated heterocycles. The van der Waals surface area contributed by atoms with Crippen LogP contribution in [0.4, 0.5) is 0 Å². The second-order valence-electron chi connectivity index (χ2n) is 6.35. The first-order valence-electron chi connectivity index (χ1n) is 7.22. The zero-order chi connectivity index (χ0) is 14.2. The van der Waals surface area contributed by atoms with Gasteiger partial charge in [0.25, 0.3) is 0 Å². The maximum atomic E-state index is 12.4. The molecule has 0 heterocycles. The van der Waals surface area contributed by atoms with E-state index in [-0.39, 0.29) is 16.9 Å². The molecule has 1 aromatic carbocycles. The first kappa shape index (κ1) is 13.9. The average Bonchev–Trinajstić information content (AvgIpc) is 2.47. The lowest BCUT2D eigenvalue weighted by Crippen LogP contribution is -2.54. The highest BCUT2D eigenvalue weighted by atomic mass is 35.5. The minimum Gasteiger partial charge on any atom is -0.460 e. The van der Waals surface area contributed by atoms with E-state index in [2.05, 4.69) is 0 Å². The molecular formula is C16H20ClNO2. The number of fused-ring (bicyclic) bond motifs is 3. The molecular weight excluding hydrogens is 274 g/mol. The lowest BCUT2D eigenvalue weighted by Gasteiger charge is -2.50. The fraction of sp³-hybridized carbons (Fsp3) is 0.562. The Morgan fingerprint density at radius 1 is 1.10 bits per heavy atom. The topological polar surface area (TPSA) is 52.3 Å². The molecule has 4 rings (SSSR count). The first-order valence-corrected chi connectivity index (χ1v) is 7.60. The van der Waals surface area contributed by atoms with E-state index in [0.717, 1.165) is 44.1 Å². The zero-order valence-electron chi connectivity index (χ0n) is 11.5. The smallest absolute Gasteiger partial charge is 0.312 e. The number of hydrogen-bond acceptors (Lipinski definition) is 3. The van der Waals surface area contributed by atoms with Gasteiger partial charge in [-0.25, -0.2) is 0 Å². The van der Waals surface area contributed by atoms with Crippen LogP contribution in [0.25, 0.3) is 0 Å². The van der Waals surface area contributed by atoms with Crippen LogP contribution in [0, 0.1) is 5.41 Å². The number of ether oxygens (including phenoxy) is 1. The molecule has 3 aliphatic carbocycles. The van der Waals surface area contributed by atoms with Crippen molar-refractivity contribution in [1.29, 1.82) is 0 Å². The van der Waals surface area contributed by atoms with Crippen molar-refractivity contribution in [2.75, 3.05) is 0 Å². The molecule has 0 aromatic heterocycles. The molecule has 2 bridgehead atoms. The average molecular weight is 294 g/mol. The molecule has 0 atom stereocenters. The second kappa shape index (κ2) is 5.05. The van der Waals surface area contributed by atoms with E-state index in [1.165, 1.54) is 0 Å². The summed E-state index contributed by atoms with van der Waals surface area (Å²) in [4.78, 5) is 12.4. The number of hydrogen-bond donors (Lipinski definition) is 1. The summed E-state index contributed by atoms with van der Waals surface area (Å²) in [6.07, 6.45) is 5.48. The minimum absolute atomic E-state index is 0.0157. The van der Waals surface area contributed by atoms with Gasteiger partial charge in [0.15, 0.2) is 0 Å². The van der Waals surface area contributed by atoms with Gasteiger partial charge >= 0.3 is 5.97 Å². The van der Waals surface area contributed by atoms with Crippen molar-refractivity contribution in [2.45, 2.75) is 50.7 Å². The van der Waals surface area contributed by atoms with Gasteiger partial charge in [-0.3, -0.25) is 4.79 Å². The van der Waals surface area contributed by atoms with Gasteiger partial charge in [0.2, 0.25) is 0 Å². The fourth-order valence-electron chi connectivity index (χ4n) is 3.40. The summed E-state index contributed by atoms with van der Waals surface area (Å²) in [6, 6.07) is 7.40. The predicted molar refractivity (Wildman–Crippen MR) is 78.3 cm³/mol. The SMILES string of the molecule is NC12CCC(C(=O)OCc3ccc(Cl)cc3)(CC1)CC2. The highest BCUT2D eigenvalue weighted by molar-refractivity contribution is 6.30. The third kappa shape index (κ3) is 2.57. The van der Waals surface area contributed by atoms with Gasteiger partial charge in [-0.15, -0.1) is 0 Å². The molecule has 0 radical (unpaired) electrons. The van der Waals surface area contributed by atoms with Gasteiger partial charge in [0.1, 0.15) is 6.61 Å². The van der Waals surface area contributed by atoms with E-state index >= 15 is 0 Å². The molecule has 3 saturated carbocycles. The van der Waals surface area contributed by atoms with Crippen LogP contribution in [0.5, 0.6) is 0 Å². The lowest BCUT2D eigenvalue weighted by molar-refractivity contribution is -0.164. The number of carbonyl (C=O) groups is 1. The number of nitrogens with two attached hydrogens (primary N) is 1. The van der Waals surface area contributed by atoms with Crippen molar-refractivity contribution in [1.82, 2.24) is 0 Å². The van der Waals surface area contributed by atoms with Crippen LogP contribution in [-0.4, -0.2) is 11.5 Å². The summed E-state index contributed by atoms with van der Waals surface area (Å²) >= 11 is 5.84. The maximum Gasteiger partial charge on any atom is 0.312 e. The van der Waals surface area contributed by atoms with Crippen LogP contribution in [-0.2, 0) is 16.1 Å². The van der Waals surface area contributed by atoms with Gasteiger partial charge in [-0.05, 0) is 56.2 Å². The quantitative estimate of drug-likeness (QED) is 0.869. The lowest BCUT2D eigenvalue weighted by atomic mass is 9.57. The summed E-state index contributed by atoms with van der Waals surface area (Å²) in [5.41, 5.74) is 6.96. The Labute approximate surface area is 124 Å². The van der Waals surface area contributed by atoms with E-state index in [1.807, 2.05) is 24.3 Å². The highest BCUT2D eigenvalue weighted by Crippen LogP contribution is 2.51. The predicted octanol–water partition coefficient (Wildman–Crippen LogP) is 3.43. The third-order valence-corrected chi connectivity index (χ3v) is 5.27. The van der Waals surface area contributed by atoms with Crippen molar-refractivity contribution < 1.29 is 9.53 Å². The Balaban J connectivity index is 1.61. The van der Waals surface area contributed by atoms with Gasteiger partial charge in [-0.1, -0.05) is 23.7 Å². The Hall–Kier alpha value is -1.06. The number of esters is 1. The molecule has 3 nitrogen and oxygen atoms in total. The zero-order valence-corrected chi connectivity index (χ0v) is 12.3. The number of halogens is 1. The fourth-order valence-corrected chi connectivity index (χ4v) is 3.53. The molecule has 0 spiro atoms. The van der Waals surface area contributed by atoms with Gasteiger partial charge in [0.05, 0.1) is 5.41 Å². The van der Waals surface area contributed by atoms with E-state index in [9.17, 15) is 4.79 Å². The van der Waals surface area contributed by atoms with E-state index < -0.39 is 0 Å². The number of carbonyl (C=O) groups excluding carboxylic acids is 1. The van der Waals surface area contributed by atoms with Crippen LogP contribution in [0.15, 0.2) is 24.3 Å². The number of benzene rings is 1. The Bertz CT molecular complexity index is 487. The van der Waals surface area contributed by atoms with Crippen molar-refractivity contribution in [2.24, 2.45) is 11.1 Å². The van der Waals surface area contributed by atoms with Gasteiger partial charge < -0.3 is 10.5 Å². The second-order valence-corrected chi connectivity index (χ2v) is 6.78. The first-order chi connectivity index (χ1) is 9.51. The van der Waals surface area contributed by atoms with Crippen molar-refractivity contribution >= 4 is 17.6 Å². The molecule has 2 N–H and O–H groups in total.